The van der Waals surface area contributed by atoms with E-state index in [1.165, 1.54) is 102 Å². The molecule has 27 heavy (non-hydrogen) atoms. The molecule has 1 rings (SSSR count). The van der Waals surface area contributed by atoms with Crippen LogP contribution in [0.4, 0.5) is 0 Å². The summed E-state index contributed by atoms with van der Waals surface area (Å²) in [6.45, 7) is 6.79. The molecule has 1 N–H and O–H groups in total. The lowest BCUT2D eigenvalue weighted by Crippen LogP contribution is -1.97. The minimum atomic E-state index is 0.467. The highest BCUT2D eigenvalue weighted by atomic mass is 16.3. The maximum absolute atomic E-state index is 10.2. The van der Waals surface area contributed by atoms with Crippen LogP contribution in [0.15, 0.2) is 18.2 Å². The predicted octanol–water partition coefficient (Wildman–Crippen LogP) is 8.93. The summed E-state index contributed by atoms with van der Waals surface area (Å²) >= 11 is 0. The summed E-state index contributed by atoms with van der Waals surface area (Å²) in [5.74, 6) is 0.955. The molecule has 0 saturated heterocycles. The molecular weight excluding hydrogens is 328 g/mol. The lowest BCUT2D eigenvalue weighted by Gasteiger charge is -2.15. The van der Waals surface area contributed by atoms with Crippen LogP contribution in [0.25, 0.3) is 0 Å². The summed E-state index contributed by atoms with van der Waals surface area (Å²) < 4.78 is 0. The van der Waals surface area contributed by atoms with E-state index in [0.717, 1.165) is 12.0 Å². The summed E-state index contributed by atoms with van der Waals surface area (Å²) in [7, 11) is 0. The van der Waals surface area contributed by atoms with Crippen LogP contribution in [0.5, 0.6) is 5.75 Å². The Hall–Kier alpha value is -0.980. The first kappa shape index (κ1) is 24.1. The molecule has 1 atom stereocenters. The normalized spacial score (nSPS) is 12.4. The van der Waals surface area contributed by atoms with Crippen molar-refractivity contribution in [3.05, 3.63) is 29.3 Å². The summed E-state index contributed by atoms with van der Waals surface area (Å²) in [5, 5.41) is 10.2. The zero-order chi connectivity index (χ0) is 19.7. The first-order valence-corrected chi connectivity index (χ1v) is 12.0. The van der Waals surface area contributed by atoms with Crippen molar-refractivity contribution in [2.75, 3.05) is 0 Å². The molecule has 1 heteroatoms. The van der Waals surface area contributed by atoms with Gasteiger partial charge in [-0.15, -0.1) is 0 Å². The standard InChI is InChI=1S/C26H46O/c1-4-6-8-9-10-11-12-13-14-15-16-17-18-23(3)25-22-24(19-7-5-2)20-21-26(25)27/h20-23,27H,4-19H2,1-3H3. The number of benzene rings is 1. The van der Waals surface area contributed by atoms with E-state index < -0.39 is 0 Å². The smallest absolute Gasteiger partial charge is 0.119 e. The van der Waals surface area contributed by atoms with E-state index in [0.29, 0.717) is 11.7 Å². The zero-order valence-electron chi connectivity index (χ0n) is 18.6. The lowest BCUT2D eigenvalue weighted by molar-refractivity contribution is 0.456. The Morgan fingerprint density at radius 3 is 1.78 bits per heavy atom. The fourth-order valence-corrected chi connectivity index (χ4v) is 3.98. The van der Waals surface area contributed by atoms with Gasteiger partial charge in [-0.2, -0.15) is 0 Å². The molecule has 1 aromatic carbocycles. The number of phenols is 1. The average Bonchev–Trinajstić information content (AvgIpc) is 2.68. The molecule has 0 amide bonds. The Kier molecular flexibility index (Phi) is 14.3. The van der Waals surface area contributed by atoms with Crippen LogP contribution in [0, 0.1) is 0 Å². The number of rotatable bonds is 17. The van der Waals surface area contributed by atoms with E-state index in [1.807, 2.05) is 6.07 Å². The summed E-state index contributed by atoms with van der Waals surface area (Å²) in [6, 6.07) is 6.24. The first-order valence-electron chi connectivity index (χ1n) is 12.0. The molecule has 0 aromatic heterocycles. The van der Waals surface area contributed by atoms with Gasteiger partial charge in [0.15, 0.2) is 0 Å². The van der Waals surface area contributed by atoms with Gasteiger partial charge in [-0.1, -0.05) is 116 Å². The number of hydrogen-bond acceptors (Lipinski definition) is 1. The van der Waals surface area contributed by atoms with Gasteiger partial charge >= 0.3 is 0 Å². The van der Waals surface area contributed by atoms with Gasteiger partial charge in [-0.3, -0.25) is 0 Å². The highest BCUT2D eigenvalue weighted by molar-refractivity contribution is 5.38. The maximum Gasteiger partial charge on any atom is 0.119 e. The Labute approximate surface area is 170 Å². The molecule has 0 radical (unpaired) electrons. The second kappa shape index (κ2) is 16.0. The third-order valence-corrected chi connectivity index (χ3v) is 5.93. The molecule has 1 unspecified atom stereocenters. The Morgan fingerprint density at radius 2 is 1.22 bits per heavy atom. The SMILES string of the molecule is CCCCCCCCCCCCCCC(C)c1cc(CCCC)ccc1O. The fraction of sp³-hybridized carbons (Fsp3) is 0.769. The van der Waals surface area contributed by atoms with Crippen LogP contribution in [0.3, 0.4) is 0 Å². The van der Waals surface area contributed by atoms with Gasteiger partial charge in [0.25, 0.3) is 0 Å². The van der Waals surface area contributed by atoms with Crippen LogP contribution in [-0.4, -0.2) is 5.11 Å². The van der Waals surface area contributed by atoms with Gasteiger partial charge in [0.1, 0.15) is 5.75 Å². The van der Waals surface area contributed by atoms with Crippen LogP contribution >= 0.6 is 0 Å². The van der Waals surface area contributed by atoms with Crippen molar-refractivity contribution in [3.63, 3.8) is 0 Å². The molecule has 0 saturated carbocycles. The fourth-order valence-electron chi connectivity index (χ4n) is 3.98. The minimum Gasteiger partial charge on any atom is -0.508 e. The molecule has 0 aliphatic rings. The Morgan fingerprint density at radius 1 is 0.704 bits per heavy atom. The highest BCUT2D eigenvalue weighted by Crippen LogP contribution is 2.31. The first-order chi connectivity index (χ1) is 13.2. The van der Waals surface area contributed by atoms with Gasteiger partial charge < -0.3 is 5.11 Å². The summed E-state index contributed by atoms with van der Waals surface area (Å²) in [5.41, 5.74) is 2.54. The second-order valence-corrected chi connectivity index (χ2v) is 8.58. The summed E-state index contributed by atoms with van der Waals surface area (Å²) in [4.78, 5) is 0. The number of phenolic OH excluding ortho intramolecular Hbond substituents is 1. The molecule has 156 valence electrons. The molecule has 0 spiro atoms. The second-order valence-electron chi connectivity index (χ2n) is 8.58. The molecule has 0 bridgehead atoms. The number of aryl methyl sites for hydroxylation is 1. The van der Waals surface area contributed by atoms with Crippen molar-refractivity contribution in [1.29, 1.82) is 0 Å². The van der Waals surface area contributed by atoms with Crippen LogP contribution < -0.4 is 0 Å². The van der Waals surface area contributed by atoms with E-state index in [-0.39, 0.29) is 0 Å². The monoisotopic (exact) mass is 374 g/mol. The Bertz CT molecular complexity index is 465. The van der Waals surface area contributed by atoms with E-state index in [2.05, 4.69) is 32.9 Å². The number of hydrogen-bond donors (Lipinski definition) is 1. The Balaban J connectivity index is 2.09. The van der Waals surface area contributed by atoms with E-state index in [1.54, 1.807) is 0 Å². The van der Waals surface area contributed by atoms with Crippen LogP contribution in [0.1, 0.15) is 134 Å². The van der Waals surface area contributed by atoms with Gasteiger partial charge in [0.05, 0.1) is 0 Å². The molecule has 1 aromatic rings. The van der Waals surface area contributed by atoms with E-state index in [9.17, 15) is 5.11 Å². The molecular formula is C26H46O. The van der Waals surface area contributed by atoms with Gasteiger partial charge in [0, 0.05) is 0 Å². The molecule has 0 heterocycles. The van der Waals surface area contributed by atoms with Crippen LogP contribution in [-0.2, 0) is 6.42 Å². The minimum absolute atomic E-state index is 0.467. The van der Waals surface area contributed by atoms with Crippen molar-refractivity contribution < 1.29 is 5.11 Å². The number of unbranched alkanes of at least 4 members (excludes halogenated alkanes) is 12. The molecule has 0 fully saturated rings. The van der Waals surface area contributed by atoms with Crippen molar-refractivity contribution >= 4 is 0 Å². The van der Waals surface area contributed by atoms with Crippen LogP contribution in [0.2, 0.25) is 0 Å². The predicted molar refractivity (Wildman–Crippen MR) is 121 cm³/mol. The van der Waals surface area contributed by atoms with E-state index in [4.69, 9.17) is 0 Å². The molecule has 0 aliphatic heterocycles. The van der Waals surface area contributed by atoms with Crippen molar-refractivity contribution in [2.45, 2.75) is 129 Å². The third-order valence-electron chi connectivity index (χ3n) is 5.93. The third kappa shape index (κ3) is 11.5. The average molecular weight is 375 g/mol. The van der Waals surface area contributed by atoms with Gasteiger partial charge in [-0.25, -0.2) is 0 Å². The van der Waals surface area contributed by atoms with Crippen molar-refractivity contribution in [1.82, 2.24) is 0 Å². The van der Waals surface area contributed by atoms with Crippen molar-refractivity contribution in [3.8, 4) is 5.75 Å². The number of aromatic hydroxyl groups is 1. The summed E-state index contributed by atoms with van der Waals surface area (Å²) in [6.07, 6.45) is 21.6. The largest absolute Gasteiger partial charge is 0.508 e. The van der Waals surface area contributed by atoms with E-state index >= 15 is 0 Å². The molecule has 1 nitrogen and oxygen atoms in total. The molecule has 0 aliphatic carbocycles. The van der Waals surface area contributed by atoms with Crippen molar-refractivity contribution in [2.24, 2.45) is 0 Å². The lowest BCUT2D eigenvalue weighted by atomic mass is 9.91. The van der Waals surface area contributed by atoms with Gasteiger partial charge in [-0.05, 0) is 42.4 Å². The quantitative estimate of drug-likeness (QED) is 0.270. The topological polar surface area (TPSA) is 20.2 Å². The highest BCUT2D eigenvalue weighted by Gasteiger charge is 2.11. The van der Waals surface area contributed by atoms with Gasteiger partial charge in [0.2, 0.25) is 0 Å². The zero-order valence-corrected chi connectivity index (χ0v) is 18.6. The maximum atomic E-state index is 10.2.